The molecule has 0 fully saturated rings. The van der Waals surface area contributed by atoms with Gasteiger partial charge in [0.2, 0.25) is 5.91 Å². The van der Waals surface area contributed by atoms with Crippen LogP contribution in [0.3, 0.4) is 0 Å². The van der Waals surface area contributed by atoms with Gasteiger partial charge in [-0.1, -0.05) is 103 Å². The van der Waals surface area contributed by atoms with Crippen molar-refractivity contribution in [2.24, 2.45) is 5.73 Å². The Hall–Kier alpha value is -0.800. The second-order valence-electron chi connectivity index (χ2n) is 9.80. The number of nitrogens with one attached hydrogen (secondary N) is 1. The van der Waals surface area contributed by atoms with E-state index in [0.717, 1.165) is 38.5 Å². The minimum atomic E-state index is -4.37. The van der Waals surface area contributed by atoms with Crippen LogP contribution in [0.2, 0.25) is 0 Å². The smallest absolute Gasteiger partial charge is 0.393 e. The Balaban J connectivity index is 4.67. The maximum absolute atomic E-state index is 12.5. The maximum atomic E-state index is 12.5. The van der Waals surface area contributed by atoms with Crippen molar-refractivity contribution >= 4 is 13.7 Å². The highest BCUT2D eigenvalue weighted by molar-refractivity contribution is 7.47. The van der Waals surface area contributed by atoms with E-state index >= 15 is 0 Å². The molecule has 0 aliphatic rings. The third-order valence-electron chi connectivity index (χ3n) is 6.17. The lowest BCUT2D eigenvalue weighted by molar-refractivity contribution is -0.124. The van der Waals surface area contributed by atoms with Crippen LogP contribution in [0.25, 0.3) is 0 Å². The average molecular weight is 551 g/mol. The molecular weight excluding hydrogens is 495 g/mol. The van der Waals surface area contributed by atoms with Crippen LogP contribution in [0, 0.1) is 0 Å². The molecule has 10 heteroatoms. The van der Waals surface area contributed by atoms with Crippen molar-refractivity contribution < 1.29 is 33.5 Å². The third-order valence-corrected chi connectivity index (χ3v) is 7.15. The van der Waals surface area contributed by atoms with Gasteiger partial charge in [0.15, 0.2) is 0 Å². The van der Waals surface area contributed by atoms with Gasteiger partial charge < -0.3 is 26.2 Å². The lowest BCUT2D eigenvalue weighted by atomic mass is 10.0. The van der Waals surface area contributed by atoms with E-state index in [-0.39, 0.29) is 19.6 Å². The Kier molecular flexibility index (Phi) is 23.7. The molecule has 4 unspecified atom stereocenters. The van der Waals surface area contributed by atoms with E-state index in [1.54, 1.807) is 6.08 Å². The molecule has 0 aromatic rings. The Bertz CT molecular complexity index is 622. The summed E-state index contributed by atoms with van der Waals surface area (Å²) < 4.78 is 21.7. The molecular formula is C27H55N2O7P. The summed E-state index contributed by atoms with van der Waals surface area (Å²) in [4.78, 5) is 22.3. The number of hydrogen-bond donors (Lipinski definition) is 5. The molecule has 9 nitrogen and oxygen atoms in total. The standard InChI is InChI=1S/C27H55N2O7P/c1-3-5-7-9-11-13-15-17-19-26(31)25(23-36-37(33,34)35-21-20-28)29-27(32)22-24(30)18-16-14-12-10-8-6-4-2/h17,19,24-26,30-31H,3-16,18,20-23,28H2,1-2H3,(H,29,32)(H,33,34)/b19-17+. The monoisotopic (exact) mass is 550 g/mol. The Morgan fingerprint density at radius 1 is 0.919 bits per heavy atom. The second kappa shape index (κ2) is 24.3. The average Bonchev–Trinajstić information content (AvgIpc) is 2.86. The van der Waals surface area contributed by atoms with Crippen LogP contribution in [0.15, 0.2) is 12.2 Å². The molecule has 1 amide bonds. The Labute approximate surface area is 225 Å². The van der Waals surface area contributed by atoms with Gasteiger partial charge in [-0.2, -0.15) is 0 Å². The molecule has 0 aromatic carbocycles. The van der Waals surface area contributed by atoms with Gasteiger partial charge in [-0.3, -0.25) is 13.8 Å². The number of unbranched alkanes of at least 4 members (excludes halogenated alkanes) is 12. The minimum absolute atomic E-state index is 0.0501. The lowest BCUT2D eigenvalue weighted by Gasteiger charge is -2.24. The number of amides is 1. The fourth-order valence-electron chi connectivity index (χ4n) is 3.94. The van der Waals surface area contributed by atoms with Gasteiger partial charge >= 0.3 is 7.82 Å². The molecule has 0 bridgehead atoms. The number of allylic oxidation sites excluding steroid dienone is 1. The van der Waals surface area contributed by atoms with Gasteiger partial charge in [0.05, 0.1) is 37.9 Å². The predicted molar refractivity (Wildman–Crippen MR) is 149 cm³/mol. The highest BCUT2D eigenvalue weighted by Crippen LogP contribution is 2.43. The molecule has 0 aliphatic carbocycles. The number of aliphatic hydroxyl groups is 2. The molecule has 4 atom stereocenters. The molecule has 37 heavy (non-hydrogen) atoms. The second-order valence-corrected chi connectivity index (χ2v) is 11.3. The molecule has 0 aliphatic heterocycles. The van der Waals surface area contributed by atoms with Crippen LogP contribution in [-0.4, -0.2) is 59.0 Å². The largest absolute Gasteiger partial charge is 0.472 e. The number of carbonyl (C=O) groups is 1. The fourth-order valence-corrected chi connectivity index (χ4v) is 4.70. The van der Waals surface area contributed by atoms with Crippen LogP contribution in [0.5, 0.6) is 0 Å². The van der Waals surface area contributed by atoms with Crippen molar-refractivity contribution in [1.82, 2.24) is 5.32 Å². The minimum Gasteiger partial charge on any atom is -0.393 e. The fraction of sp³-hybridized carbons (Fsp3) is 0.889. The molecule has 0 saturated carbocycles. The topological polar surface area (TPSA) is 151 Å². The van der Waals surface area contributed by atoms with Crippen molar-refractivity contribution in [2.75, 3.05) is 19.8 Å². The van der Waals surface area contributed by atoms with Crippen LogP contribution < -0.4 is 11.1 Å². The van der Waals surface area contributed by atoms with Gasteiger partial charge in [-0.05, 0) is 19.3 Å². The summed E-state index contributed by atoms with van der Waals surface area (Å²) in [6, 6.07) is -0.971. The van der Waals surface area contributed by atoms with E-state index in [4.69, 9.17) is 14.8 Å². The first-order chi connectivity index (χ1) is 17.8. The number of rotatable bonds is 26. The van der Waals surface area contributed by atoms with Crippen molar-refractivity contribution in [3.05, 3.63) is 12.2 Å². The summed E-state index contributed by atoms with van der Waals surface area (Å²) >= 11 is 0. The summed E-state index contributed by atoms with van der Waals surface area (Å²) in [5.41, 5.74) is 5.29. The molecule has 0 rings (SSSR count). The lowest BCUT2D eigenvalue weighted by Crippen LogP contribution is -2.46. The van der Waals surface area contributed by atoms with E-state index in [1.807, 2.05) is 6.08 Å². The first-order valence-corrected chi connectivity index (χ1v) is 15.9. The van der Waals surface area contributed by atoms with Gasteiger partial charge in [0.25, 0.3) is 0 Å². The zero-order chi connectivity index (χ0) is 27.8. The zero-order valence-electron chi connectivity index (χ0n) is 23.3. The molecule has 0 spiro atoms. The zero-order valence-corrected chi connectivity index (χ0v) is 24.2. The van der Waals surface area contributed by atoms with Crippen LogP contribution in [-0.2, 0) is 18.4 Å². The third kappa shape index (κ3) is 22.9. The van der Waals surface area contributed by atoms with Crippen molar-refractivity contribution in [3.8, 4) is 0 Å². The summed E-state index contributed by atoms with van der Waals surface area (Å²) in [6.07, 6.45) is 17.6. The number of phosphoric ester groups is 1. The number of hydrogen-bond acceptors (Lipinski definition) is 7. The van der Waals surface area contributed by atoms with E-state index in [1.165, 1.54) is 51.4 Å². The molecule has 220 valence electrons. The van der Waals surface area contributed by atoms with Gasteiger partial charge in [-0.25, -0.2) is 4.57 Å². The van der Waals surface area contributed by atoms with Crippen molar-refractivity contribution in [1.29, 1.82) is 0 Å². The maximum Gasteiger partial charge on any atom is 0.472 e. The summed E-state index contributed by atoms with van der Waals surface area (Å²) in [5.74, 6) is -0.455. The summed E-state index contributed by atoms with van der Waals surface area (Å²) in [6.45, 7) is 3.83. The highest BCUT2D eigenvalue weighted by Gasteiger charge is 2.27. The Morgan fingerprint density at radius 3 is 2.08 bits per heavy atom. The molecule has 6 N–H and O–H groups in total. The van der Waals surface area contributed by atoms with Gasteiger partial charge in [0.1, 0.15) is 0 Å². The van der Waals surface area contributed by atoms with E-state index in [9.17, 15) is 24.5 Å². The van der Waals surface area contributed by atoms with Gasteiger partial charge in [-0.15, -0.1) is 0 Å². The van der Waals surface area contributed by atoms with Gasteiger partial charge in [0, 0.05) is 6.54 Å². The quantitative estimate of drug-likeness (QED) is 0.0565. The number of nitrogens with two attached hydrogens (primary N) is 1. The van der Waals surface area contributed by atoms with Crippen molar-refractivity contribution in [3.63, 3.8) is 0 Å². The van der Waals surface area contributed by atoms with E-state index < -0.39 is 38.6 Å². The highest BCUT2D eigenvalue weighted by atomic mass is 31.2. The first kappa shape index (κ1) is 36.2. The molecule has 0 radical (unpaired) electrons. The molecule has 0 aromatic heterocycles. The number of aliphatic hydroxyl groups excluding tert-OH is 2. The summed E-state index contributed by atoms with van der Waals surface area (Å²) in [5, 5.41) is 23.5. The van der Waals surface area contributed by atoms with Crippen LogP contribution in [0.4, 0.5) is 0 Å². The molecule has 0 heterocycles. The number of phosphoric acid groups is 1. The van der Waals surface area contributed by atoms with E-state index in [2.05, 4.69) is 19.2 Å². The Morgan fingerprint density at radius 2 is 1.49 bits per heavy atom. The summed E-state index contributed by atoms with van der Waals surface area (Å²) in [7, 11) is -4.37. The molecule has 0 saturated heterocycles. The SMILES string of the molecule is CCCCCCCC/C=C/C(O)C(COP(=O)(O)OCCN)NC(=O)CC(O)CCCCCCCCC. The van der Waals surface area contributed by atoms with Crippen molar-refractivity contribution in [2.45, 2.75) is 135 Å². The predicted octanol–water partition coefficient (Wildman–Crippen LogP) is 5.12. The van der Waals surface area contributed by atoms with E-state index in [0.29, 0.717) is 6.42 Å². The first-order valence-electron chi connectivity index (χ1n) is 14.4. The van der Waals surface area contributed by atoms with Crippen LogP contribution in [0.1, 0.15) is 117 Å². The number of carbonyl (C=O) groups excluding carboxylic acids is 1. The normalized spacial score (nSPS) is 15.9. The van der Waals surface area contributed by atoms with Crippen LogP contribution >= 0.6 is 7.82 Å².